The van der Waals surface area contributed by atoms with Gasteiger partial charge in [-0.1, -0.05) is 20.3 Å². The van der Waals surface area contributed by atoms with Crippen molar-refractivity contribution < 1.29 is 9.53 Å². The maximum atomic E-state index is 11.3. The standard InChI is InChI=1S/C13H22N2O2/c1-3-9(2)13-5-4-6-15(13)10-8-14-12(16)17-11(10)7-13/h9-11H,3-8H2,1-2H3,(H,14,16). The third kappa shape index (κ3) is 1.49. The van der Waals surface area contributed by atoms with E-state index in [4.69, 9.17) is 4.74 Å². The minimum atomic E-state index is -0.230. The molecule has 1 N–H and O–H groups in total. The van der Waals surface area contributed by atoms with Crippen molar-refractivity contribution in [2.45, 2.75) is 57.2 Å². The molecule has 0 aliphatic carbocycles. The normalized spacial score (nSPS) is 42.6. The number of rotatable bonds is 2. The molecule has 3 rings (SSSR count). The fraction of sp³-hybridized carbons (Fsp3) is 0.923. The Bertz CT molecular complexity index is 333. The van der Waals surface area contributed by atoms with E-state index in [0.29, 0.717) is 17.5 Å². The van der Waals surface area contributed by atoms with Crippen LogP contribution < -0.4 is 5.32 Å². The van der Waals surface area contributed by atoms with Gasteiger partial charge in [0.15, 0.2) is 0 Å². The predicted molar refractivity (Wildman–Crippen MR) is 64.8 cm³/mol. The molecule has 4 atom stereocenters. The van der Waals surface area contributed by atoms with E-state index in [1.165, 1.54) is 25.8 Å². The van der Waals surface area contributed by atoms with Crippen LogP contribution in [0.25, 0.3) is 0 Å². The number of nitrogens with zero attached hydrogens (tertiary/aromatic N) is 1. The van der Waals surface area contributed by atoms with Crippen molar-refractivity contribution in [2.24, 2.45) is 5.92 Å². The summed E-state index contributed by atoms with van der Waals surface area (Å²) in [6, 6.07) is 0.407. The Kier molecular flexibility index (Phi) is 2.58. The van der Waals surface area contributed by atoms with Crippen LogP contribution in [0.5, 0.6) is 0 Å². The molecule has 0 saturated carbocycles. The molecule has 0 spiro atoms. The van der Waals surface area contributed by atoms with Gasteiger partial charge in [-0.3, -0.25) is 4.90 Å². The lowest BCUT2D eigenvalue weighted by molar-refractivity contribution is 0.0425. The van der Waals surface area contributed by atoms with E-state index >= 15 is 0 Å². The maximum Gasteiger partial charge on any atom is 0.407 e. The minimum absolute atomic E-state index is 0.123. The molecule has 0 aromatic heterocycles. The van der Waals surface area contributed by atoms with Crippen LogP contribution in [0.2, 0.25) is 0 Å². The highest BCUT2D eigenvalue weighted by atomic mass is 16.6. The Hall–Kier alpha value is -0.770. The van der Waals surface area contributed by atoms with E-state index in [1.54, 1.807) is 0 Å². The highest BCUT2D eigenvalue weighted by Gasteiger charge is 2.57. The van der Waals surface area contributed by atoms with Crippen molar-refractivity contribution in [2.75, 3.05) is 13.1 Å². The molecule has 3 aliphatic rings. The molecule has 0 aromatic carbocycles. The molecule has 3 aliphatic heterocycles. The highest BCUT2D eigenvalue weighted by Crippen LogP contribution is 2.49. The van der Waals surface area contributed by atoms with Gasteiger partial charge in [-0.2, -0.15) is 0 Å². The van der Waals surface area contributed by atoms with Gasteiger partial charge in [0.2, 0.25) is 0 Å². The topological polar surface area (TPSA) is 41.6 Å². The summed E-state index contributed by atoms with van der Waals surface area (Å²) in [6.07, 6.45) is 4.70. The first-order valence-corrected chi connectivity index (χ1v) is 6.88. The quantitative estimate of drug-likeness (QED) is 0.797. The van der Waals surface area contributed by atoms with Crippen LogP contribution in [0, 0.1) is 5.92 Å². The summed E-state index contributed by atoms with van der Waals surface area (Å²) < 4.78 is 5.47. The highest BCUT2D eigenvalue weighted by molar-refractivity contribution is 5.68. The number of hydrogen-bond acceptors (Lipinski definition) is 3. The van der Waals surface area contributed by atoms with E-state index in [9.17, 15) is 4.79 Å². The molecule has 4 unspecified atom stereocenters. The van der Waals surface area contributed by atoms with Crippen LogP contribution in [0.15, 0.2) is 0 Å². The molecule has 3 heterocycles. The van der Waals surface area contributed by atoms with Crippen LogP contribution >= 0.6 is 0 Å². The summed E-state index contributed by atoms with van der Waals surface area (Å²) in [5.74, 6) is 0.689. The molecule has 0 aromatic rings. The van der Waals surface area contributed by atoms with Gasteiger partial charge in [-0.15, -0.1) is 0 Å². The van der Waals surface area contributed by atoms with E-state index in [1.807, 2.05) is 0 Å². The second-order valence-electron chi connectivity index (χ2n) is 5.81. The molecule has 0 radical (unpaired) electrons. The largest absolute Gasteiger partial charge is 0.444 e. The van der Waals surface area contributed by atoms with Crippen molar-refractivity contribution in [3.63, 3.8) is 0 Å². The molecular formula is C13H22N2O2. The average Bonchev–Trinajstić information content (AvgIpc) is 2.84. The fourth-order valence-electron chi connectivity index (χ4n) is 4.16. The summed E-state index contributed by atoms with van der Waals surface area (Å²) in [5.41, 5.74) is 0.302. The zero-order chi connectivity index (χ0) is 12.0. The van der Waals surface area contributed by atoms with Gasteiger partial charge in [0.05, 0.1) is 6.04 Å². The van der Waals surface area contributed by atoms with Gasteiger partial charge in [0, 0.05) is 18.5 Å². The minimum Gasteiger partial charge on any atom is -0.444 e. The molecule has 0 bridgehead atoms. The number of hydrogen-bond donors (Lipinski definition) is 1. The first-order chi connectivity index (χ1) is 8.17. The first-order valence-electron chi connectivity index (χ1n) is 6.88. The third-order valence-corrected chi connectivity index (χ3v) is 5.21. The number of carbonyl (C=O) groups is 1. The molecule has 17 heavy (non-hydrogen) atoms. The van der Waals surface area contributed by atoms with Crippen molar-refractivity contribution in [1.29, 1.82) is 0 Å². The fourth-order valence-corrected chi connectivity index (χ4v) is 4.16. The Labute approximate surface area is 103 Å². The second-order valence-corrected chi connectivity index (χ2v) is 5.81. The average molecular weight is 238 g/mol. The van der Waals surface area contributed by atoms with Gasteiger partial charge >= 0.3 is 6.09 Å². The lowest BCUT2D eigenvalue weighted by Crippen LogP contribution is -2.54. The Morgan fingerprint density at radius 1 is 1.65 bits per heavy atom. The number of fused-ring (bicyclic) bond motifs is 3. The van der Waals surface area contributed by atoms with Gasteiger partial charge in [-0.25, -0.2) is 4.79 Å². The number of nitrogens with one attached hydrogen (secondary N) is 1. The Balaban J connectivity index is 1.87. The van der Waals surface area contributed by atoms with Crippen LogP contribution in [0.3, 0.4) is 0 Å². The number of ether oxygens (including phenoxy) is 1. The molecule has 4 nitrogen and oxygen atoms in total. The molecule has 96 valence electrons. The molecule has 1 amide bonds. The van der Waals surface area contributed by atoms with Crippen molar-refractivity contribution in [1.82, 2.24) is 10.2 Å². The summed E-state index contributed by atoms with van der Waals surface area (Å²) in [6.45, 7) is 6.56. The van der Waals surface area contributed by atoms with Crippen LogP contribution in [0.4, 0.5) is 4.79 Å². The van der Waals surface area contributed by atoms with Crippen LogP contribution in [-0.2, 0) is 4.74 Å². The summed E-state index contributed by atoms with van der Waals surface area (Å²) in [5, 5.41) is 2.84. The van der Waals surface area contributed by atoms with Gasteiger partial charge in [0.25, 0.3) is 0 Å². The Morgan fingerprint density at radius 3 is 3.24 bits per heavy atom. The SMILES string of the molecule is CCC(C)C12CCCN1C1CNC(=O)OC1C2. The number of alkyl carbamates (subject to hydrolysis) is 1. The van der Waals surface area contributed by atoms with Gasteiger partial charge in [0.1, 0.15) is 6.10 Å². The van der Waals surface area contributed by atoms with E-state index in [0.717, 1.165) is 13.0 Å². The smallest absolute Gasteiger partial charge is 0.407 e. The van der Waals surface area contributed by atoms with Crippen molar-refractivity contribution in [3.05, 3.63) is 0 Å². The molecule has 3 saturated heterocycles. The lowest BCUT2D eigenvalue weighted by Gasteiger charge is -2.39. The van der Waals surface area contributed by atoms with Gasteiger partial charge < -0.3 is 10.1 Å². The molecular weight excluding hydrogens is 216 g/mol. The Morgan fingerprint density at radius 2 is 2.47 bits per heavy atom. The van der Waals surface area contributed by atoms with Crippen molar-refractivity contribution >= 4 is 6.09 Å². The van der Waals surface area contributed by atoms with E-state index in [2.05, 4.69) is 24.1 Å². The number of carbonyl (C=O) groups excluding carboxylic acids is 1. The van der Waals surface area contributed by atoms with Crippen molar-refractivity contribution in [3.8, 4) is 0 Å². The van der Waals surface area contributed by atoms with E-state index < -0.39 is 0 Å². The zero-order valence-corrected chi connectivity index (χ0v) is 10.7. The molecule has 4 heteroatoms. The zero-order valence-electron chi connectivity index (χ0n) is 10.7. The van der Waals surface area contributed by atoms with Crippen LogP contribution in [-0.4, -0.2) is 41.8 Å². The summed E-state index contributed by atoms with van der Waals surface area (Å²) in [4.78, 5) is 13.9. The van der Waals surface area contributed by atoms with E-state index in [-0.39, 0.29) is 12.2 Å². The van der Waals surface area contributed by atoms with Gasteiger partial charge in [-0.05, 0) is 25.3 Å². The third-order valence-electron chi connectivity index (χ3n) is 5.21. The lowest BCUT2D eigenvalue weighted by atomic mass is 9.79. The summed E-state index contributed by atoms with van der Waals surface area (Å²) in [7, 11) is 0. The first kappa shape index (κ1) is 11.3. The molecule has 3 fully saturated rings. The maximum absolute atomic E-state index is 11.3. The predicted octanol–water partition coefficient (Wildman–Crippen LogP) is 1.75. The number of amides is 1. The monoisotopic (exact) mass is 238 g/mol. The summed E-state index contributed by atoms with van der Waals surface area (Å²) >= 11 is 0. The van der Waals surface area contributed by atoms with Crippen LogP contribution in [0.1, 0.15) is 39.5 Å². The second kappa shape index (κ2) is 3.87.